The highest BCUT2D eigenvalue weighted by Gasteiger charge is 2.28. The van der Waals surface area contributed by atoms with Gasteiger partial charge in [-0.2, -0.15) is 0 Å². The van der Waals surface area contributed by atoms with Gasteiger partial charge in [-0.15, -0.1) is 0 Å². The Morgan fingerprint density at radius 3 is 1.83 bits per heavy atom. The molecule has 1 aromatic carbocycles. The van der Waals surface area contributed by atoms with Crippen LogP contribution in [0.15, 0.2) is 0 Å². The number of amides is 2. The highest BCUT2D eigenvalue weighted by molar-refractivity contribution is 5.86. The van der Waals surface area contributed by atoms with Crippen LogP contribution >= 0.6 is 0 Å². The Labute approximate surface area is 135 Å². The maximum atomic E-state index is 13.6. The lowest BCUT2D eigenvalue weighted by atomic mass is 10.1. The summed E-state index contributed by atoms with van der Waals surface area (Å²) in [6.45, 7) is 4.55. The van der Waals surface area contributed by atoms with E-state index in [0.29, 0.717) is 0 Å². The second kappa shape index (κ2) is 8.07. The molecule has 9 heteroatoms. The minimum Gasteiger partial charge on any atom is -0.352 e. The van der Waals surface area contributed by atoms with Crippen molar-refractivity contribution in [3.05, 3.63) is 34.6 Å². The number of hydrogen-bond acceptors (Lipinski definition) is 2. The van der Waals surface area contributed by atoms with Crippen LogP contribution in [-0.2, 0) is 16.0 Å². The summed E-state index contributed by atoms with van der Waals surface area (Å²) in [5.74, 6) is -12.1. The van der Waals surface area contributed by atoms with Gasteiger partial charge in [-0.25, -0.2) is 22.0 Å². The lowest BCUT2D eigenvalue weighted by Gasteiger charge is -2.21. The molecule has 0 saturated heterocycles. The summed E-state index contributed by atoms with van der Waals surface area (Å²) in [6.07, 6.45) is -1.05. The van der Waals surface area contributed by atoms with Crippen molar-refractivity contribution < 1.29 is 31.5 Å². The zero-order valence-corrected chi connectivity index (χ0v) is 13.4. The molecule has 0 aliphatic carbocycles. The lowest BCUT2D eigenvalue weighted by Crippen LogP contribution is -2.43. The molecule has 0 spiro atoms. The number of hydrogen-bond donors (Lipinski definition) is 1. The summed E-state index contributed by atoms with van der Waals surface area (Å²) in [6, 6.07) is -0.179. The first-order valence-electron chi connectivity index (χ1n) is 7.17. The van der Waals surface area contributed by atoms with Gasteiger partial charge >= 0.3 is 0 Å². The first-order valence-corrected chi connectivity index (χ1v) is 7.17. The summed E-state index contributed by atoms with van der Waals surface area (Å²) in [5.41, 5.74) is -1.22. The SMILES string of the molecule is CCN(CC(=O)NC(C)C)C(=O)Cc1c(F)c(F)c(F)c(F)c1F. The van der Waals surface area contributed by atoms with Crippen molar-refractivity contribution in [2.45, 2.75) is 33.2 Å². The summed E-state index contributed by atoms with van der Waals surface area (Å²) in [7, 11) is 0. The Balaban J connectivity index is 2.99. The van der Waals surface area contributed by atoms with E-state index in [4.69, 9.17) is 0 Å². The van der Waals surface area contributed by atoms with Crippen LogP contribution < -0.4 is 5.32 Å². The number of rotatable bonds is 6. The van der Waals surface area contributed by atoms with Crippen molar-refractivity contribution >= 4 is 11.8 Å². The van der Waals surface area contributed by atoms with Gasteiger partial charge in [0.25, 0.3) is 0 Å². The topological polar surface area (TPSA) is 49.4 Å². The van der Waals surface area contributed by atoms with Crippen molar-refractivity contribution in [1.29, 1.82) is 0 Å². The predicted molar refractivity (Wildman–Crippen MR) is 75.5 cm³/mol. The molecule has 0 unspecified atom stereocenters. The van der Waals surface area contributed by atoms with E-state index in [-0.39, 0.29) is 19.1 Å². The van der Waals surface area contributed by atoms with Crippen LogP contribution in [0.5, 0.6) is 0 Å². The van der Waals surface area contributed by atoms with Gasteiger partial charge in [-0.05, 0) is 20.8 Å². The van der Waals surface area contributed by atoms with E-state index in [1.807, 2.05) is 0 Å². The van der Waals surface area contributed by atoms with Gasteiger partial charge in [-0.1, -0.05) is 0 Å². The molecule has 1 N–H and O–H groups in total. The molecule has 24 heavy (non-hydrogen) atoms. The lowest BCUT2D eigenvalue weighted by molar-refractivity contribution is -0.135. The van der Waals surface area contributed by atoms with Crippen LogP contribution in [0.4, 0.5) is 22.0 Å². The number of carbonyl (C=O) groups is 2. The standard InChI is InChI=1S/C15H17F5N2O2/c1-4-22(6-9(23)21-7(2)3)10(24)5-8-11(16)13(18)15(20)14(19)12(8)17/h7H,4-6H2,1-3H3,(H,21,23). The molecule has 0 radical (unpaired) electrons. The number of nitrogens with zero attached hydrogens (tertiary/aromatic N) is 1. The van der Waals surface area contributed by atoms with Crippen LogP contribution in [0.2, 0.25) is 0 Å². The molecule has 0 atom stereocenters. The Bertz CT molecular complexity index is 620. The Kier molecular flexibility index (Phi) is 6.68. The van der Waals surface area contributed by atoms with Crippen LogP contribution in [0.3, 0.4) is 0 Å². The number of halogens is 5. The molecule has 1 aromatic rings. The van der Waals surface area contributed by atoms with Gasteiger partial charge in [0, 0.05) is 18.2 Å². The summed E-state index contributed by atoms with van der Waals surface area (Å²) in [5, 5.41) is 2.52. The van der Waals surface area contributed by atoms with E-state index in [2.05, 4.69) is 5.32 Å². The van der Waals surface area contributed by atoms with Crippen LogP contribution in [-0.4, -0.2) is 35.8 Å². The number of likely N-dealkylation sites (N-methyl/N-ethyl adjacent to an activating group) is 1. The summed E-state index contributed by atoms with van der Waals surface area (Å²) in [4.78, 5) is 24.6. The van der Waals surface area contributed by atoms with Gasteiger partial charge in [0.1, 0.15) is 0 Å². The third-order valence-corrected chi connectivity index (χ3v) is 3.15. The molecule has 2 amide bonds. The molecule has 0 aliphatic heterocycles. The van der Waals surface area contributed by atoms with Crippen LogP contribution in [0.25, 0.3) is 0 Å². The fourth-order valence-electron chi connectivity index (χ4n) is 1.99. The zero-order chi connectivity index (χ0) is 18.6. The van der Waals surface area contributed by atoms with E-state index in [1.165, 1.54) is 6.92 Å². The molecule has 0 fully saturated rings. The summed E-state index contributed by atoms with van der Waals surface area (Å²) >= 11 is 0. The van der Waals surface area contributed by atoms with E-state index >= 15 is 0 Å². The van der Waals surface area contributed by atoms with Gasteiger partial charge in [0.2, 0.25) is 17.6 Å². The van der Waals surface area contributed by atoms with Crippen molar-refractivity contribution in [3.8, 4) is 0 Å². The van der Waals surface area contributed by atoms with E-state index in [9.17, 15) is 31.5 Å². The quantitative estimate of drug-likeness (QED) is 0.485. The number of benzene rings is 1. The Morgan fingerprint density at radius 1 is 0.958 bits per heavy atom. The van der Waals surface area contributed by atoms with Gasteiger partial charge in [0.05, 0.1) is 13.0 Å². The highest BCUT2D eigenvalue weighted by Crippen LogP contribution is 2.23. The molecule has 0 saturated carbocycles. The minimum atomic E-state index is -2.29. The fourth-order valence-corrected chi connectivity index (χ4v) is 1.99. The second-order valence-corrected chi connectivity index (χ2v) is 5.36. The van der Waals surface area contributed by atoms with Gasteiger partial charge in [0.15, 0.2) is 23.3 Å². The molecular formula is C15H17F5N2O2. The van der Waals surface area contributed by atoms with Gasteiger partial charge in [-0.3, -0.25) is 9.59 Å². The average Bonchev–Trinajstić information content (AvgIpc) is 2.51. The minimum absolute atomic E-state index is 0.0275. The summed E-state index contributed by atoms with van der Waals surface area (Å²) < 4.78 is 66.4. The first-order chi connectivity index (χ1) is 11.1. The normalized spacial score (nSPS) is 10.9. The van der Waals surface area contributed by atoms with Crippen molar-refractivity contribution in [3.63, 3.8) is 0 Å². The highest BCUT2D eigenvalue weighted by atomic mass is 19.2. The van der Waals surface area contributed by atoms with Gasteiger partial charge < -0.3 is 10.2 Å². The average molecular weight is 352 g/mol. The molecule has 0 aromatic heterocycles. The maximum absolute atomic E-state index is 13.6. The molecule has 0 bridgehead atoms. The van der Waals surface area contributed by atoms with E-state index < -0.39 is 52.9 Å². The molecule has 1 rings (SSSR count). The molecule has 0 heterocycles. The predicted octanol–water partition coefficient (Wildman–Crippen LogP) is 2.30. The van der Waals surface area contributed by atoms with Crippen LogP contribution in [0.1, 0.15) is 26.3 Å². The third-order valence-electron chi connectivity index (χ3n) is 3.15. The van der Waals surface area contributed by atoms with Crippen LogP contribution in [0, 0.1) is 29.1 Å². The fraction of sp³-hybridized carbons (Fsp3) is 0.467. The zero-order valence-electron chi connectivity index (χ0n) is 13.4. The molecule has 134 valence electrons. The van der Waals surface area contributed by atoms with E-state index in [0.717, 1.165) is 4.90 Å². The first kappa shape index (κ1) is 19.9. The largest absolute Gasteiger partial charge is 0.352 e. The number of carbonyl (C=O) groups excluding carboxylic acids is 2. The maximum Gasteiger partial charge on any atom is 0.239 e. The van der Waals surface area contributed by atoms with E-state index in [1.54, 1.807) is 13.8 Å². The molecular weight excluding hydrogens is 335 g/mol. The Hall–Kier alpha value is -2.19. The number of nitrogens with one attached hydrogen (secondary N) is 1. The monoisotopic (exact) mass is 352 g/mol. The molecule has 0 aliphatic rings. The van der Waals surface area contributed by atoms with Crippen molar-refractivity contribution in [2.75, 3.05) is 13.1 Å². The third kappa shape index (κ3) is 4.42. The smallest absolute Gasteiger partial charge is 0.239 e. The molecule has 4 nitrogen and oxygen atoms in total. The van der Waals surface area contributed by atoms with Crippen molar-refractivity contribution in [2.24, 2.45) is 0 Å². The second-order valence-electron chi connectivity index (χ2n) is 5.36. The Morgan fingerprint density at radius 2 is 1.42 bits per heavy atom. The van der Waals surface area contributed by atoms with Crippen molar-refractivity contribution in [1.82, 2.24) is 10.2 Å².